The highest BCUT2D eigenvalue weighted by Crippen LogP contribution is 2.42. The van der Waals surface area contributed by atoms with Gasteiger partial charge in [0, 0.05) is 6.54 Å². The van der Waals surface area contributed by atoms with Crippen molar-refractivity contribution in [2.75, 3.05) is 6.54 Å². The lowest BCUT2D eigenvalue weighted by molar-refractivity contribution is 0.0916. The Morgan fingerprint density at radius 3 is 2.33 bits per heavy atom. The summed E-state index contributed by atoms with van der Waals surface area (Å²) in [5.41, 5.74) is 0.138. The topological polar surface area (TPSA) is 69.6 Å². The molecule has 0 radical (unpaired) electrons. The minimum atomic E-state index is -0.402. The van der Waals surface area contributed by atoms with Crippen LogP contribution in [0.25, 0.3) is 0 Å². The average molecular weight is 291 g/mol. The number of hydrogen-bond donors (Lipinski definition) is 3. The fourth-order valence-electron chi connectivity index (χ4n) is 3.56. The van der Waals surface area contributed by atoms with Crippen molar-refractivity contribution in [1.29, 1.82) is 0 Å². The van der Waals surface area contributed by atoms with Crippen molar-refractivity contribution in [1.82, 2.24) is 5.32 Å². The SMILES string of the molecule is CC(C)CC1(CNC(=O)c2c(O)cccc2O)CCCC1. The first-order valence-corrected chi connectivity index (χ1v) is 7.73. The van der Waals surface area contributed by atoms with E-state index in [4.69, 9.17) is 0 Å². The average Bonchev–Trinajstić information content (AvgIpc) is 2.84. The van der Waals surface area contributed by atoms with Crippen LogP contribution >= 0.6 is 0 Å². The second-order valence-electron chi connectivity index (χ2n) is 6.66. The van der Waals surface area contributed by atoms with Crippen molar-refractivity contribution in [3.8, 4) is 11.5 Å². The van der Waals surface area contributed by atoms with Gasteiger partial charge in [-0.2, -0.15) is 0 Å². The van der Waals surface area contributed by atoms with Crippen molar-refractivity contribution in [3.05, 3.63) is 23.8 Å². The highest BCUT2D eigenvalue weighted by atomic mass is 16.3. The Hall–Kier alpha value is -1.71. The molecule has 1 fully saturated rings. The highest BCUT2D eigenvalue weighted by molar-refractivity contribution is 5.99. The van der Waals surface area contributed by atoms with Gasteiger partial charge in [0.2, 0.25) is 0 Å². The summed E-state index contributed by atoms with van der Waals surface area (Å²) < 4.78 is 0. The van der Waals surface area contributed by atoms with E-state index in [1.807, 2.05) is 0 Å². The molecule has 0 heterocycles. The molecule has 2 rings (SSSR count). The van der Waals surface area contributed by atoms with Crippen LogP contribution in [0.15, 0.2) is 18.2 Å². The third kappa shape index (κ3) is 3.69. The second-order valence-corrected chi connectivity index (χ2v) is 6.66. The molecule has 0 aliphatic heterocycles. The van der Waals surface area contributed by atoms with Crippen LogP contribution in [-0.2, 0) is 0 Å². The van der Waals surface area contributed by atoms with E-state index in [1.54, 1.807) is 0 Å². The summed E-state index contributed by atoms with van der Waals surface area (Å²) in [5, 5.41) is 22.4. The van der Waals surface area contributed by atoms with E-state index in [-0.39, 0.29) is 22.5 Å². The van der Waals surface area contributed by atoms with E-state index in [0.717, 1.165) is 19.3 Å². The maximum Gasteiger partial charge on any atom is 0.258 e. The van der Waals surface area contributed by atoms with Gasteiger partial charge >= 0.3 is 0 Å². The smallest absolute Gasteiger partial charge is 0.258 e. The van der Waals surface area contributed by atoms with Crippen LogP contribution < -0.4 is 5.32 Å². The molecule has 0 bridgehead atoms. The molecular formula is C17H25NO3. The number of aromatic hydroxyl groups is 2. The Morgan fingerprint density at radius 1 is 1.24 bits per heavy atom. The lowest BCUT2D eigenvalue weighted by atomic mass is 9.78. The Bertz CT molecular complexity index is 485. The second kappa shape index (κ2) is 6.37. The van der Waals surface area contributed by atoms with Gasteiger partial charge < -0.3 is 15.5 Å². The van der Waals surface area contributed by atoms with E-state index in [1.165, 1.54) is 31.0 Å². The molecule has 0 saturated heterocycles. The molecule has 116 valence electrons. The molecule has 4 heteroatoms. The Kier molecular flexibility index (Phi) is 4.76. The first-order chi connectivity index (χ1) is 9.93. The molecule has 0 atom stereocenters. The number of phenolic OH excluding ortho intramolecular Hbond substituents is 2. The van der Waals surface area contributed by atoms with Gasteiger partial charge in [0.1, 0.15) is 17.1 Å². The lowest BCUT2D eigenvalue weighted by Crippen LogP contribution is -2.37. The normalized spacial score (nSPS) is 17.1. The molecule has 0 unspecified atom stereocenters. The number of nitrogens with one attached hydrogen (secondary N) is 1. The number of rotatable bonds is 5. The van der Waals surface area contributed by atoms with Crippen LogP contribution in [0.2, 0.25) is 0 Å². The third-order valence-corrected chi connectivity index (χ3v) is 4.38. The molecule has 3 N–H and O–H groups in total. The van der Waals surface area contributed by atoms with Gasteiger partial charge in [-0.05, 0) is 42.7 Å². The number of benzene rings is 1. The van der Waals surface area contributed by atoms with Crippen LogP contribution in [0.5, 0.6) is 11.5 Å². The van der Waals surface area contributed by atoms with Gasteiger partial charge in [0.25, 0.3) is 5.91 Å². The molecule has 1 aromatic carbocycles. The molecule has 0 spiro atoms. The van der Waals surface area contributed by atoms with E-state index in [0.29, 0.717) is 12.5 Å². The van der Waals surface area contributed by atoms with Gasteiger partial charge in [0.15, 0.2) is 0 Å². The molecule has 1 aromatic rings. The number of amides is 1. The molecule has 1 amide bonds. The predicted molar refractivity (Wildman–Crippen MR) is 82.5 cm³/mol. The van der Waals surface area contributed by atoms with Crippen LogP contribution in [0.1, 0.15) is 56.3 Å². The Balaban J connectivity index is 2.06. The van der Waals surface area contributed by atoms with Gasteiger partial charge in [-0.15, -0.1) is 0 Å². The lowest BCUT2D eigenvalue weighted by Gasteiger charge is -2.31. The minimum Gasteiger partial charge on any atom is -0.507 e. The van der Waals surface area contributed by atoms with E-state index in [2.05, 4.69) is 19.2 Å². The molecule has 1 aliphatic rings. The standard InChI is InChI=1S/C17H25NO3/c1-12(2)10-17(8-3-4-9-17)11-18-16(21)15-13(19)6-5-7-14(15)20/h5-7,12,19-20H,3-4,8-11H2,1-2H3,(H,18,21). The zero-order chi connectivity index (χ0) is 15.5. The molecule has 0 aromatic heterocycles. The van der Waals surface area contributed by atoms with E-state index in [9.17, 15) is 15.0 Å². The van der Waals surface area contributed by atoms with Gasteiger partial charge in [-0.25, -0.2) is 0 Å². The number of hydrogen-bond acceptors (Lipinski definition) is 3. The highest BCUT2D eigenvalue weighted by Gasteiger charge is 2.35. The zero-order valence-electron chi connectivity index (χ0n) is 12.9. The van der Waals surface area contributed by atoms with Crippen molar-refractivity contribution in [2.24, 2.45) is 11.3 Å². The summed E-state index contributed by atoms with van der Waals surface area (Å²) in [6, 6.07) is 4.33. The van der Waals surface area contributed by atoms with Crippen molar-refractivity contribution < 1.29 is 15.0 Å². The molecule has 1 saturated carbocycles. The van der Waals surface area contributed by atoms with Gasteiger partial charge in [-0.1, -0.05) is 32.8 Å². The Morgan fingerprint density at radius 2 is 1.81 bits per heavy atom. The van der Waals surface area contributed by atoms with Crippen molar-refractivity contribution >= 4 is 5.91 Å². The van der Waals surface area contributed by atoms with Gasteiger partial charge in [-0.3, -0.25) is 4.79 Å². The van der Waals surface area contributed by atoms with E-state index < -0.39 is 5.91 Å². The summed E-state index contributed by atoms with van der Waals surface area (Å²) in [6.45, 7) is 5.02. The molecule has 1 aliphatic carbocycles. The molecule has 4 nitrogen and oxygen atoms in total. The summed E-state index contributed by atoms with van der Waals surface area (Å²) >= 11 is 0. The minimum absolute atomic E-state index is 0.0322. The van der Waals surface area contributed by atoms with Crippen LogP contribution in [0, 0.1) is 11.3 Å². The summed E-state index contributed by atoms with van der Waals surface area (Å²) in [7, 11) is 0. The van der Waals surface area contributed by atoms with E-state index >= 15 is 0 Å². The number of phenols is 2. The summed E-state index contributed by atoms with van der Waals surface area (Å²) in [5.74, 6) is -0.173. The van der Waals surface area contributed by atoms with Crippen LogP contribution in [0.3, 0.4) is 0 Å². The van der Waals surface area contributed by atoms with Crippen LogP contribution in [0.4, 0.5) is 0 Å². The molecular weight excluding hydrogens is 266 g/mol. The zero-order valence-corrected chi connectivity index (χ0v) is 12.9. The monoisotopic (exact) mass is 291 g/mol. The van der Waals surface area contributed by atoms with Gasteiger partial charge in [0.05, 0.1) is 0 Å². The summed E-state index contributed by atoms with van der Waals surface area (Å²) in [6.07, 6.45) is 5.80. The number of carbonyl (C=O) groups is 1. The largest absolute Gasteiger partial charge is 0.507 e. The predicted octanol–water partition coefficient (Wildman–Crippen LogP) is 3.43. The Labute approximate surface area is 126 Å². The first kappa shape index (κ1) is 15.7. The number of carbonyl (C=O) groups excluding carboxylic acids is 1. The van der Waals surface area contributed by atoms with Crippen molar-refractivity contribution in [2.45, 2.75) is 46.0 Å². The van der Waals surface area contributed by atoms with Crippen LogP contribution in [-0.4, -0.2) is 22.7 Å². The third-order valence-electron chi connectivity index (χ3n) is 4.38. The fraction of sp³-hybridized carbons (Fsp3) is 0.588. The maximum absolute atomic E-state index is 12.2. The fourth-order valence-corrected chi connectivity index (χ4v) is 3.56. The molecule has 21 heavy (non-hydrogen) atoms. The van der Waals surface area contributed by atoms with Crippen molar-refractivity contribution in [3.63, 3.8) is 0 Å². The quantitative estimate of drug-likeness (QED) is 0.778. The maximum atomic E-state index is 12.2. The first-order valence-electron chi connectivity index (χ1n) is 7.73. The summed E-state index contributed by atoms with van der Waals surface area (Å²) in [4.78, 5) is 12.2.